The highest BCUT2D eigenvalue weighted by atomic mass is 32.2. The first kappa shape index (κ1) is 13.2. The number of aromatic amines is 1. The molecule has 2 aromatic rings. The highest BCUT2D eigenvalue weighted by molar-refractivity contribution is 7.99. The third-order valence-corrected chi connectivity index (χ3v) is 4.28. The van der Waals surface area contributed by atoms with Crippen LogP contribution < -0.4 is 5.56 Å². The molecule has 1 aromatic carbocycles. The van der Waals surface area contributed by atoms with Crippen LogP contribution in [0.1, 0.15) is 10.4 Å². The molecule has 6 heteroatoms. The molecule has 1 fully saturated rings. The van der Waals surface area contributed by atoms with Crippen molar-refractivity contribution < 1.29 is 9.18 Å². The number of carbonyl (C=O) groups excluding carboxylic acids is 1. The predicted octanol–water partition coefficient (Wildman–Crippen LogP) is 1.86. The summed E-state index contributed by atoms with van der Waals surface area (Å²) in [6.07, 6.45) is 0. The summed E-state index contributed by atoms with van der Waals surface area (Å²) in [5.74, 6) is 1.21. The van der Waals surface area contributed by atoms with E-state index in [2.05, 4.69) is 4.98 Å². The molecular formula is C14H13FN2O2S. The van der Waals surface area contributed by atoms with Crippen molar-refractivity contribution in [2.24, 2.45) is 0 Å². The average molecular weight is 292 g/mol. The van der Waals surface area contributed by atoms with Gasteiger partial charge in [-0.3, -0.25) is 9.59 Å². The van der Waals surface area contributed by atoms with Gasteiger partial charge >= 0.3 is 0 Å². The Hall–Kier alpha value is -1.82. The number of rotatable bonds is 1. The zero-order valence-electron chi connectivity index (χ0n) is 10.7. The van der Waals surface area contributed by atoms with Gasteiger partial charge in [0.25, 0.3) is 5.91 Å². The largest absolute Gasteiger partial charge is 0.337 e. The van der Waals surface area contributed by atoms with Crippen LogP contribution in [0.15, 0.2) is 29.1 Å². The van der Waals surface area contributed by atoms with Crippen molar-refractivity contribution >= 4 is 28.6 Å². The minimum atomic E-state index is -0.438. The van der Waals surface area contributed by atoms with E-state index in [1.807, 2.05) is 11.8 Å². The number of nitrogens with zero attached hydrogens (tertiary/aromatic N) is 1. The van der Waals surface area contributed by atoms with Crippen LogP contribution in [0.5, 0.6) is 0 Å². The van der Waals surface area contributed by atoms with Gasteiger partial charge < -0.3 is 9.88 Å². The first-order valence-electron chi connectivity index (χ1n) is 6.35. The van der Waals surface area contributed by atoms with E-state index >= 15 is 0 Å². The fraction of sp³-hybridized carbons (Fsp3) is 0.286. The third kappa shape index (κ3) is 2.43. The summed E-state index contributed by atoms with van der Waals surface area (Å²) in [7, 11) is 0. The van der Waals surface area contributed by atoms with E-state index in [0.29, 0.717) is 29.6 Å². The Balaban J connectivity index is 2.10. The number of thioether (sulfide) groups is 1. The molecule has 0 aliphatic carbocycles. The number of halogens is 1. The van der Waals surface area contributed by atoms with E-state index in [9.17, 15) is 14.0 Å². The van der Waals surface area contributed by atoms with Crippen LogP contribution >= 0.6 is 11.8 Å². The average Bonchev–Trinajstić information content (AvgIpc) is 2.46. The standard InChI is InChI=1S/C14H13FN2O2S/c15-9-1-2-10-11(8-13(18)16-12(10)7-9)14(19)17-3-5-20-6-4-17/h1-2,7-8H,3-6H2,(H,16,18). The van der Waals surface area contributed by atoms with Crippen LogP contribution in [0.2, 0.25) is 0 Å². The Bertz CT molecular complexity index is 723. The molecule has 104 valence electrons. The molecule has 20 heavy (non-hydrogen) atoms. The van der Waals surface area contributed by atoms with Crippen LogP contribution in [0.4, 0.5) is 4.39 Å². The second-order valence-corrected chi connectivity index (χ2v) is 5.87. The molecule has 1 aromatic heterocycles. The van der Waals surface area contributed by atoms with Crippen LogP contribution in [0, 0.1) is 5.82 Å². The maximum Gasteiger partial charge on any atom is 0.254 e. The number of benzene rings is 1. The Labute approximate surface area is 119 Å². The number of fused-ring (bicyclic) bond motifs is 1. The van der Waals surface area contributed by atoms with E-state index < -0.39 is 11.4 Å². The van der Waals surface area contributed by atoms with Crippen molar-refractivity contribution in [1.82, 2.24) is 9.88 Å². The normalized spacial score (nSPS) is 15.6. The minimum Gasteiger partial charge on any atom is -0.337 e. The zero-order valence-corrected chi connectivity index (χ0v) is 11.5. The summed E-state index contributed by atoms with van der Waals surface area (Å²) >= 11 is 1.81. The summed E-state index contributed by atoms with van der Waals surface area (Å²) < 4.78 is 13.2. The van der Waals surface area contributed by atoms with Gasteiger partial charge in [0, 0.05) is 36.0 Å². The van der Waals surface area contributed by atoms with Gasteiger partial charge in [0.1, 0.15) is 5.82 Å². The SMILES string of the molecule is O=C(c1cc(=O)[nH]c2cc(F)ccc12)N1CCSCC1. The second kappa shape index (κ2) is 5.28. The van der Waals surface area contributed by atoms with Crippen LogP contribution in [0.25, 0.3) is 10.9 Å². The predicted molar refractivity (Wildman–Crippen MR) is 77.8 cm³/mol. The van der Waals surface area contributed by atoms with Gasteiger partial charge in [0.2, 0.25) is 5.56 Å². The number of amides is 1. The van der Waals surface area contributed by atoms with E-state index in [1.54, 1.807) is 4.90 Å². The number of hydrogen-bond acceptors (Lipinski definition) is 3. The molecule has 1 amide bonds. The highest BCUT2D eigenvalue weighted by Crippen LogP contribution is 2.19. The highest BCUT2D eigenvalue weighted by Gasteiger charge is 2.21. The summed E-state index contributed by atoms with van der Waals surface area (Å²) in [5.41, 5.74) is 0.306. The van der Waals surface area contributed by atoms with E-state index in [0.717, 1.165) is 11.5 Å². The van der Waals surface area contributed by atoms with Gasteiger partial charge in [-0.05, 0) is 18.2 Å². The lowest BCUT2D eigenvalue weighted by Crippen LogP contribution is -2.38. The first-order chi connectivity index (χ1) is 9.65. The fourth-order valence-electron chi connectivity index (χ4n) is 2.35. The van der Waals surface area contributed by atoms with Gasteiger partial charge in [-0.25, -0.2) is 4.39 Å². The van der Waals surface area contributed by atoms with Crippen molar-refractivity contribution in [3.05, 3.63) is 46.0 Å². The lowest BCUT2D eigenvalue weighted by Gasteiger charge is -2.26. The fourth-order valence-corrected chi connectivity index (χ4v) is 3.25. The van der Waals surface area contributed by atoms with Crippen molar-refractivity contribution in [3.63, 3.8) is 0 Å². The Morgan fingerprint density at radius 3 is 2.75 bits per heavy atom. The Morgan fingerprint density at radius 1 is 1.25 bits per heavy atom. The number of carbonyl (C=O) groups is 1. The van der Waals surface area contributed by atoms with Crippen molar-refractivity contribution in [3.8, 4) is 0 Å². The quantitative estimate of drug-likeness (QED) is 0.873. The van der Waals surface area contributed by atoms with Gasteiger partial charge in [-0.1, -0.05) is 0 Å². The maximum atomic E-state index is 13.2. The van der Waals surface area contributed by atoms with E-state index in [4.69, 9.17) is 0 Å². The molecular weight excluding hydrogens is 279 g/mol. The minimum absolute atomic E-state index is 0.159. The maximum absolute atomic E-state index is 13.2. The van der Waals surface area contributed by atoms with Crippen LogP contribution in [0.3, 0.4) is 0 Å². The number of H-pyrrole nitrogens is 1. The number of nitrogens with one attached hydrogen (secondary N) is 1. The van der Waals surface area contributed by atoms with Crippen molar-refractivity contribution in [2.45, 2.75) is 0 Å². The second-order valence-electron chi connectivity index (χ2n) is 4.64. The summed E-state index contributed by atoms with van der Waals surface area (Å²) in [6.45, 7) is 1.36. The molecule has 0 radical (unpaired) electrons. The van der Waals surface area contributed by atoms with E-state index in [-0.39, 0.29) is 5.91 Å². The molecule has 3 rings (SSSR count). The monoisotopic (exact) mass is 292 g/mol. The summed E-state index contributed by atoms with van der Waals surface area (Å²) in [6, 6.07) is 5.36. The van der Waals surface area contributed by atoms with Crippen molar-refractivity contribution in [2.75, 3.05) is 24.6 Å². The summed E-state index contributed by atoms with van der Waals surface area (Å²) in [4.78, 5) is 28.5. The van der Waals surface area contributed by atoms with Gasteiger partial charge in [0.15, 0.2) is 0 Å². The third-order valence-electron chi connectivity index (χ3n) is 3.33. The molecule has 1 aliphatic rings. The van der Waals surface area contributed by atoms with E-state index in [1.165, 1.54) is 24.3 Å². The molecule has 0 unspecified atom stereocenters. The zero-order chi connectivity index (χ0) is 14.1. The number of aromatic nitrogens is 1. The smallest absolute Gasteiger partial charge is 0.254 e. The lowest BCUT2D eigenvalue weighted by molar-refractivity contribution is 0.0774. The molecule has 0 atom stereocenters. The molecule has 1 aliphatic heterocycles. The van der Waals surface area contributed by atoms with Crippen LogP contribution in [-0.4, -0.2) is 40.4 Å². The van der Waals surface area contributed by atoms with Gasteiger partial charge in [-0.2, -0.15) is 11.8 Å². The topological polar surface area (TPSA) is 53.2 Å². The number of pyridine rings is 1. The molecule has 0 saturated carbocycles. The molecule has 0 spiro atoms. The van der Waals surface area contributed by atoms with Crippen molar-refractivity contribution in [1.29, 1.82) is 0 Å². The van der Waals surface area contributed by atoms with Gasteiger partial charge in [-0.15, -0.1) is 0 Å². The Kier molecular flexibility index (Phi) is 3.48. The lowest BCUT2D eigenvalue weighted by atomic mass is 10.1. The summed E-state index contributed by atoms with van der Waals surface area (Å²) in [5, 5.41) is 0.578. The number of hydrogen-bond donors (Lipinski definition) is 1. The molecule has 4 nitrogen and oxygen atoms in total. The molecule has 1 saturated heterocycles. The molecule has 0 bridgehead atoms. The van der Waals surface area contributed by atoms with Crippen LogP contribution in [-0.2, 0) is 0 Å². The Morgan fingerprint density at radius 2 is 2.00 bits per heavy atom. The molecule has 1 N–H and O–H groups in total. The first-order valence-corrected chi connectivity index (χ1v) is 7.50. The molecule has 2 heterocycles. The van der Waals surface area contributed by atoms with Gasteiger partial charge in [0.05, 0.1) is 11.1 Å².